The summed E-state index contributed by atoms with van der Waals surface area (Å²) in [6.07, 6.45) is 1.44. The molecule has 0 radical (unpaired) electrons. The van der Waals surface area contributed by atoms with Crippen molar-refractivity contribution in [2.75, 3.05) is 5.32 Å². The molecule has 1 unspecified atom stereocenters. The molecule has 18 heavy (non-hydrogen) atoms. The standard InChI is InChI=1S/C13H17ClN2OS/c1-3-9(2)8-12(17)16-13(18)15-11-7-5-4-6-10(11)14/h4-7,9H,3,8H2,1-2H3,(H2,15,16,17,18). The topological polar surface area (TPSA) is 41.1 Å². The van der Waals surface area contributed by atoms with Gasteiger partial charge >= 0.3 is 0 Å². The van der Waals surface area contributed by atoms with Gasteiger partial charge in [0.15, 0.2) is 5.11 Å². The lowest BCUT2D eigenvalue weighted by molar-refractivity contribution is -0.120. The number of benzene rings is 1. The molecule has 5 heteroatoms. The number of hydrogen-bond acceptors (Lipinski definition) is 2. The van der Waals surface area contributed by atoms with E-state index in [-0.39, 0.29) is 11.0 Å². The molecule has 0 aliphatic heterocycles. The van der Waals surface area contributed by atoms with Crippen LogP contribution in [0.1, 0.15) is 26.7 Å². The Morgan fingerprint density at radius 3 is 2.72 bits per heavy atom. The Morgan fingerprint density at radius 1 is 1.44 bits per heavy atom. The van der Waals surface area contributed by atoms with Gasteiger partial charge in [-0.1, -0.05) is 44.0 Å². The Hall–Kier alpha value is -1.13. The number of para-hydroxylation sites is 1. The first-order valence-corrected chi connectivity index (χ1v) is 6.67. The van der Waals surface area contributed by atoms with Crippen LogP contribution in [-0.2, 0) is 4.79 Å². The number of hydrogen-bond donors (Lipinski definition) is 2. The number of nitrogens with one attached hydrogen (secondary N) is 2. The first-order valence-electron chi connectivity index (χ1n) is 5.88. The summed E-state index contributed by atoms with van der Waals surface area (Å²) in [7, 11) is 0. The summed E-state index contributed by atoms with van der Waals surface area (Å²) in [5.74, 6) is 0.280. The molecule has 2 N–H and O–H groups in total. The normalized spacial score (nSPS) is 11.7. The van der Waals surface area contributed by atoms with Gasteiger partial charge in [0.1, 0.15) is 0 Å². The maximum atomic E-state index is 11.6. The number of amides is 1. The minimum Gasteiger partial charge on any atom is -0.331 e. The minimum absolute atomic E-state index is 0.0751. The molecule has 1 aromatic rings. The molecular weight excluding hydrogens is 268 g/mol. The summed E-state index contributed by atoms with van der Waals surface area (Å²) < 4.78 is 0. The van der Waals surface area contributed by atoms with E-state index in [1.54, 1.807) is 12.1 Å². The van der Waals surface area contributed by atoms with Crippen molar-refractivity contribution in [3.63, 3.8) is 0 Å². The highest BCUT2D eigenvalue weighted by Gasteiger charge is 2.09. The van der Waals surface area contributed by atoms with Gasteiger partial charge in [-0.15, -0.1) is 0 Å². The quantitative estimate of drug-likeness (QED) is 0.830. The summed E-state index contributed by atoms with van der Waals surface area (Å²) in [6, 6.07) is 7.23. The highest BCUT2D eigenvalue weighted by atomic mass is 35.5. The fourth-order valence-electron chi connectivity index (χ4n) is 1.35. The number of carbonyl (C=O) groups excluding carboxylic acids is 1. The van der Waals surface area contributed by atoms with E-state index in [4.69, 9.17) is 23.8 Å². The third kappa shape index (κ3) is 5.02. The van der Waals surface area contributed by atoms with Gasteiger partial charge in [0, 0.05) is 6.42 Å². The molecule has 3 nitrogen and oxygen atoms in total. The molecule has 98 valence electrons. The Morgan fingerprint density at radius 2 is 2.11 bits per heavy atom. The molecule has 0 aliphatic carbocycles. The van der Waals surface area contributed by atoms with Crippen LogP contribution in [0.4, 0.5) is 5.69 Å². The molecule has 0 aromatic heterocycles. The Balaban J connectivity index is 2.47. The number of anilines is 1. The Labute approximate surface area is 118 Å². The van der Waals surface area contributed by atoms with E-state index in [1.807, 2.05) is 19.1 Å². The second-order valence-corrected chi connectivity index (χ2v) is 5.02. The van der Waals surface area contributed by atoms with E-state index in [0.29, 0.717) is 23.0 Å². The van der Waals surface area contributed by atoms with Crippen molar-refractivity contribution in [1.82, 2.24) is 5.32 Å². The lowest BCUT2D eigenvalue weighted by Crippen LogP contribution is -2.34. The van der Waals surface area contributed by atoms with Gasteiger partial charge in [-0.05, 0) is 30.3 Å². The summed E-state index contributed by atoms with van der Waals surface area (Å²) in [4.78, 5) is 11.6. The first-order chi connectivity index (χ1) is 8.52. The molecule has 1 rings (SSSR count). The second-order valence-electron chi connectivity index (χ2n) is 4.20. The maximum Gasteiger partial charge on any atom is 0.226 e. The van der Waals surface area contributed by atoms with Crippen LogP contribution in [0.2, 0.25) is 5.02 Å². The molecule has 0 saturated heterocycles. The third-order valence-corrected chi connectivity index (χ3v) is 3.14. The lowest BCUT2D eigenvalue weighted by Gasteiger charge is -2.12. The maximum absolute atomic E-state index is 11.6. The fraction of sp³-hybridized carbons (Fsp3) is 0.385. The number of carbonyl (C=O) groups is 1. The zero-order valence-electron chi connectivity index (χ0n) is 10.5. The average molecular weight is 285 g/mol. The Kier molecular flexibility index (Phi) is 6.09. The zero-order chi connectivity index (χ0) is 13.5. The molecule has 0 spiro atoms. The van der Waals surface area contributed by atoms with E-state index >= 15 is 0 Å². The van der Waals surface area contributed by atoms with E-state index in [9.17, 15) is 4.79 Å². The predicted molar refractivity (Wildman–Crippen MR) is 79.9 cm³/mol. The Bertz CT molecular complexity index is 437. The largest absolute Gasteiger partial charge is 0.331 e. The number of rotatable bonds is 4. The van der Waals surface area contributed by atoms with Crippen LogP contribution in [0.3, 0.4) is 0 Å². The molecule has 1 amide bonds. The van der Waals surface area contributed by atoms with Gasteiger partial charge in [-0.3, -0.25) is 4.79 Å². The van der Waals surface area contributed by atoms with Crippen molar-refractivity contribution < 1.29 is 4.79 Å². The van der Waals surface area contributed by atoms with Gasteiger partial charge < -0.3 is 10.6 Å². The van der Waals surface area contributed by atoms with Crippen molar-refractivity contribution in [1.29, 1.82) is 0 Å². The minimum atomic E-state index is -0.0751. The van der Waals surface area contributed by atoms with Crippen molar-refractivity contribution in [3.8, 4) is 0 Å². The molecule has 0 heterocycles. The second kappa shape index (κ2) is 7.34. The van der Waals surface area contributed by atoms with Crippen molar-refractivity contribution in [2.45, 2.75) is 26.7 Å². The smallest absolute Gasteiger partial charge is 0.226 e. The highest BCUT2D eigenvalue weighted by Crippen LogP contribution is 2.20. The summed E-state index contributed by atoms with van der Waals surface area (Å²) in [5, 5.41) is 6.38. The van der Waals surface area contributed by atoms with E-state index in [2.05, 4.69) is 17.6 Å². The fourth-order valence-corrected chi connectivity index (χ4v) is 1.76. The molecule has 0 saturated carbocycles. The predicted octanol–water partition coefficient (Wildman–Crippen LogP) is 3.59. The zero-order valence-corrected chi connectivity index (χ0v) is 12.1. The van der Waals surface area contributed by atoms with Crippen LogP contribution >= 0.6 is 23.8 Å². The summed E-state index contributed by atoms with van der Waals surface area (Å²) in [6.45, 7) is 4.09. The van der Waals surface area contributed by atoms with Crippen molar-refractivity contribution in [3.05, 3.63) is 29.3 Å². The highest BCUT2D eigenvalue weighted by molar-refractivity contribution is 7.80. The average Bonchev–Trinajstić information content (AvgIpc) is 2.31. The van der Waals surface area contributed by atoms with Crippen LogP contribution in [0, 0.1) is 5.92 Å². The van der Waals surface area contributed by atoms with Crippen LogP contribution in [0.25, 0.3) is 0 Å². The third-order valence-electron chi connectivity index (χ3n) is 2.61. The molecule has 1 aromatic carbocycles. The number of halogens is 1. The molecule has 0 fully saturated rings. The SMILES string of the molecule is CCC(C)CC(=O)NC(=S)Nc1ccccc1Cl. The van der Waals surface area contributed by atoms with Crippen LogP contribution in [0.5, 0.6) is 0 Å². The van der Waals surface area contributed by atoms with Crippen molar-refractivity contribution >= 4 is 40.5 Å². The molecule has 0 bridgehead atoms. The molecule has 0 aliphatic rings. The van der Waals surface area contributed by atoms with Crippen LogP contribution in [0.15, 0.2) is 24.3 Å². The lowest BCUT2D eigenvalue weighted by atomic mass is 10.1. The monoisotopic (exact) mass is 284 g/mol. The van der Waals surface area contributed by atoms with Crippen LogP contribution in [-0.4, -0.2) is 11.0 Å². The summed E-state index contributed by atoms with van der Waals surface area (Å²) >= 11 is 11.0. The van der Waals surface area contributed by atoms with Gasteiger partial charge in [0.25, 0.3) is 0 Å². The van der Waals surface area contributed by atoms with Gasteiger partial charge in [-0.2, -0.15) is 0 Å². The van der Waals surface area contributed by atoms with E-state index < -0.39 is 0 Å². The van der Waals surface area contributed by atoms with E-state index in [0.717, 1.165) is 6.42 Å². The number of thiocarbonyl (C=S) groups is 1. The van der Waals surface area contributed by atoms with E-state index in [1.165, 1.54) is 0 Å². The van der Waals surface area contributed by atoms with Crippen LogP contribution < -0.4 is 10.6 Å². The summed E-state index contributed by atoms with van der Waals surface area (Å²) in [5.41, 5.74) is 0.688. The van der Waals surface area contributed by atoms with Crippen molar-refractivity contribution in [2.24, 2.45) is 5.92 Å². The van der Waals surface area contributed by atoms with Gasteiger partial charge in [0.05, 0.1) is 10.7 Å². The molecule has 1 atom stereocenters. The first kappa shape index (κ1) is 14.9. The van der Waals surface area contributed by atoms with Gasteiger partial charge in [-0.25, -0.2) is 0 Å². The van der Waals surface area contributed by atoms with Gasteiger partial charge in [0.2, 0.25) is 5.91 Å². The molecular formula is C13H17ClN2OS.